The van der Waals surface area contributed by atoms with E-state index < -0.39 is 4.92 Å². The lowest BCUT2D eigenvalue weighted by Crippen LogP contribution is -2.01. The number of ether oxygens (including phenoxy) is 2. The van der Waals surface area contributed by atoms with Crippen molar-refractivity contribution in [2.75, 3.05) is 6.61 Å². The third-order valence-electron chi connectivity index (χ3n) is 4.19. The van der Waals surface area contributed by atoms with Gasteiger partial charge >= 0.3 is 5.69 Å². The first-order valence-electron chi connectivity index (χ1n) is 9.12. The highest BCUT2D eigenvalue weighted by atomic mass is 79.9. The number of hydrogen-bond acceptors (Lipinski definition) is 6. The van der Waals surface area contributed by atoms with Crippen molar-refractivity contribution in [3.63, 3.8) is 0 Å². The molecule has 0 aliphatic rings. The van der Waals surface area contributed by atoms with Crippen LogP contribution in [0.25, 0.3) is 12.2 Å². The quantitative estimate of drug-likeness (QED) is 0.229. The van der Waals surface area contributed by atoms with Gasteiger partial charge in [0, 0.05) is 15.6 Å². The van der Waals surface area contributed by atoms with E-state index in [-0.39, 0.29) is 23.7 Å². The zero-order valence-corrected chi connectivity index (χ0v) is 19.6. The first-order valence-corrected chi connectivity index (χ1v) is 10.7. The van der Waals surface area contributed by atoms with Crippen LogP contribution in [-0.4, -0.2) is 16.7 Å². The topological polar surface area (TPSA) is 87.6 Å². The second-order valence-electron chi connectivity index (χ2n) is 6.36. The van der Waals surface area contributed by atoms with Gasteiger partial charge in [0.25, 0.3) is 0 Å². The molecule has 0 saturated carbocycles. The molecule has 10 heteroatoms. The van der Waals surface area contributed by atoms with Gasteiger partial charge < -0.3 is 14.0 Å². The molecule has 0 fully saturated rings. The zero-order valence-electron chi connectivity index (χ0n) is 16.5. The van der Waals surface area contributed by atoms with Gasteiger partial charge in [-0.1, -0.05) is 40.5 Å². The minimum Gasteiger partial charge on any atom is -0.490 e. The lowest BCUT2D eigenvalue weighted by atomic mass is 10.1. The fourth-order valence-electron chi connectivity index (χ4n) is 2.76. The smallest absolute Gasteiger partial charge is 0.338 e. The Morgan fingerprint density at radius 2 is 2.00 bits per heavy atom. The number of benzene rings is 2. The molecule has 0 aliphatic heterocycles. The maximum Gasteiger partial charge on any atom is 0.338 e. The Balaban J connectivity index is 1.87. The van der Waals surface area contributed by atoms with Gasteiger partial charge in [-0.2, -0.15) is 0 Å². The fourth-order valence-corrected chi connectivity index (χ4v) is 3.80. The van der Waals surface area contributed by atoms with E-state index in [2.05, 4.69) is 21.1 Å². The number of hydrogen-bond donors (Lipinski definition) is 0. The third-order valence-corrected chi connectivity index (χ3v) is 5.36. The number of nitrogens with zero attached hydrogens (tertiary/aromatic N) is 2. The Kier molecular flexibility index (Phi) is 7.59. The zero-order chi connectivity index (χ0) is 22.5. The van der Waals surface area contributed by atoms with Crippen LogP contribution in [-0.2, 0) is 6.61 Å². The van der Waals surface area contributed by atoms with E-state index in [1.807, 2.05) is 6.92 Å². The summed E-state index contributed by atoms with van der Waals surface area (Å²) in [5.41, 5.74) is 1.54. The van der Waals surface area contributed by atoms with Crippen molar-refractivity contribution in [1.82, 2.24) is 5.16 Å². The van der Waals surface area contributed by atoms with Crippen LogP contribution in [0.15, 0.2) is 39.3 Å². The predicted octanol–water partition coefficient (Wildman–Crippen LogP) is 7.11. The average Bonchev–Trinajstić information content (AvgIpc) is 3.08. The summed E-state index contributed by atoms with van der Waals surface area (Å²) in [7, 11) is 0. The van der Waals surface area contributed by atoms with E-state index in [4.69, 9.17) is 37.2 Å². The molecule has 0 unspecified atom stereocenters. The van der Waals surface area contributed by atoms with E-state index in [9.17, 15) is 10.1 Å². The van der Waals surface area contributed by atoms with E-state index in [0.717, 1.165) is 11.1 Å². The molecule has 7 nitrogen and oxygen atoms in total. The molecule has 1 heterocycles. The summed E-state index contributed by atoms with van der Waals surface area (Å²) in [6, 6.07) is 8.75. The lowest BCUT2D eigenvalue weighted by molar-refractivity contribution is -0.386. The maximum atomic E-state index is 11.2. The van der Waals surface area contributed by atoms with E-state index >= 15 is 0 Å². The van der Waals surface area contributed by atoms with Gasteiger partial charge in [0.2, 0.25) is 5.76 Å². The lowest BCUT2D eigenvalue weighted by Gasteiger charge is -2.15. The molecule has 3 rings (SSSR count). The number of rotatable bonds is 8. The molecular weight excluding hydrogens is 511 g/mol. The monoisotopic (exact) mass is 526 g/mol. The van der Waals surface area contributed by atoms with Gasteiger partial charge in [-0.25, -0.2) is 0 Å². The molecule has 3 aromatic rings. The molecular formula is C21H17BrCl2N2O5. The highest BCUT2D eigenvalue weighted by molar-refractivity contribution is 9.10. The number of aromatic nitrogens is 1. The largest absolute Gasteiger partial charge is 0.490 e. The normalized spacial score (nSPS) is 11.1. The van der Waals surface area contributed by atoms with Gasteiger partial charge in [-0.3, -0.25) is 10.1 Å². The summed E-state index contributed by atoms with van der Waals surface area (Å²) >= 11 is 15.7. The van der Waals surface area contributed by atoms with Crippen LogP contribution in [0.2, 0.25) is 10.0 Å². The van der Waals surface area contributed by atoms with Crippen LogP contribution < -0.4 is 9.47 Å². The van der Waals surface area contributed by atoms with Gasteiger partial charge in [-0.05, 0) is 65.7 Å². The van der Waals surface area contributed by atoms with Crippen LogP contribution >= 0.6 is 39.1 Å². The molecule has 0 radical (unpaired) electrons. The molecule has 162 valence electrons. The van der Waals surface area contributed by atoms with Gasteiger partial charge in [0.15, 0.2) is 17.2 Å². The van der Waals surface area contributed by atoms with Crippen molar-refractivity contribution >= 4 is 57.0 Å². The standard InChI is InChI=1S/C21H17BrCl2N2O5/c1-3-29-19-9-13(4-7-18-20(26(27)28)12(2)25-31-18)8-16(22)21(19)30-11-14-5-6-15(23)10-17(14)24/h4-10H,3,11H2,1-2H3/b7-4+. The number of nitro groups is 1. The molecule has 1 aromatic heterocycles. The van der Waals surface area contributed by atoms with Gasteiger partial charge in [0.1, 0.15) is 6.61 Å². The first-order chi connectivity index (χ1) is 14.8. The summed E-state index contributed by atoms with van der Waals surface area (Å²) in [6.07, 6.45) is 3.16. The Hall–Kier alpha value is -2.55. The summed E-state index contributed by atoms with van der Waals surface area (Å²) in [6.45, 7) is 4.01. The SMILES string of the molecule is CCOc1cc(/C=C/c2onc(C)c2[N+](=O)[O-])cc(Br)c1OCc1ccc(Cl)cc1Cl. The van der Waals surface area contributed by atoms with Crippen molar-refractivity contribution in [2.24, 2.45) is 0 Å². The third kappa shape index (κ3) is 5.58. The van der Waals surface area contributed by atoms with E-state index in [1.54, 1.807) is 36.4 Å². The molecule has 0 spiro atoms. The molecule has 0 N–H and O–H groups in total. The van der Waals surface area contributed by atoms with Crippen LogP contribution in [0.3, 0.4) is 0 Å². The molecule has 31 heavy (non-hydrogen) atoms. The van der Waals surface area contributed by atoms with Gasteiger partial charge in [-0.15, -0.1) is 0 Å². The summed E-state index contributed by atoms with van der Waals surface area (Å²) < 4.78 is 17.4. The molecule has 0 atom stereocenters. The highest BCUT2D eigenvalue weighted by Gasteiger charge is 2.22. The van der Waals surface area contributed by atoms with Crippen LogP contribution in [0.5, 0.6) is 11.5 Å². The molecule has 0 amide bonds. The number of halogens is 3. The van der Waals surface area contributed by atoms with Crippen molar-refractivity contribution < 1.29 is 18.9 Å². The molecule has 0 saturated heterocycles. The first kappa shape index (κ1) is 23.1. The Labute approximate surface area is 196 Å². The van der Waals surface area contributed by atoms with E-state index in [1.165, 1.54) is 13.0 Å². The minimum absolute atomic E-state index is 0.0642. The van der Waals surface area contributed by atoms with Crippen molar-refractivity contribution in [3.05, 3.63) is 77.5 Å². The van der Waals surface area contributed by atoms with Crippen molar-refractivity contribution in [1.29, 1.82) is 0 Å². The summed E-state index contributed by atoms with van der Waals surface area (Å²) in [4.78, 5) is 10.7. The molecule has 2 aromatic carbocycles. The Morgan fingerprint density at radius 3 is 2.68 bits per heavy atom. The van der Waals surface area contributed by atoms with E-state index in [0.29, 0.717) is 32.6 Å². The summed E-state index contributed by atoms with van der Waals surface area (Å²) in [5, 5.41) is 15.9. The van der Waals surface area contributed by atoms with Crippen LogP contribution in [0.4, 0.5) is 5.69 Å². The Bertz CT molecular complexity index is 1150. The fraction of sp³-hybridized carbons (Fsp3) is 0.190. The Morgan fingerprint density at radius 1 is 1.23 bits per heavy atom. The average molecular weight is 528 g/mol. The van der Waals surface area contributed by atoms with Crippen molar-refractivity contribution in [2.45, 2.75) is 20.5 Å². The predicted molar refractivity (Wildman–Crippen MR) is 123 cm³/mol. The van der Waals surface area contributed by atoms with Crippen molar-refractivity contribution in [3.8, 4) is 11.5 Å². The molecule has 0 aliphatic carbocycles. The van der Waals surface area contributed by atoms with Crippen LogP contribution in [0, 0.1) is 17.0 Å². The molecule has 0 bridgehead atoms. The second kappa shape index (κ2) is 10.2. The van der Waals surface area contributed by atoms with Crippen LogP contribution in [0.1, 0.15) is 29.5 Å². The van der Waals surface area contributed by atoms with Gasteiger partial charge in [0.05, 0.1) is 16.0 Å². The highest BCUT2D eigenvalue weighted by Crippen LogP contribution is 2.38. The maximum absolute atomic E-state index is 11.2. The summed E-state index contributed by atoms with van der Waals surface area (Å²) in [5.74, 6) is 1.07. The minimum atomic E-state index is -0.522. The number of aryl methyl sites for hydroxylation is 1. The second-order valence-corrected chi connectivity index (χ2v) is 8.06.